The first kappa shape index (κ1) is 32.0. The maximum absolute atomic E-state index is 13.2. The number of aromatic nitrogens is 4. The second-order valence-corrected chi connectivity index (χ2v) is 12.1. The molecule has 18 heteroatoms. The highest BCUT2D eigenvalue weighted by Gasteiger charge is 2.30. The smallest absolute Gasteiger partial charge is 0.272 e. The summed E-state index contributed by atoms with van der Waals surface area (Å²) in [6, 6.07) is 6.93. The van der Waals surface area contributed by atoms with Gasteiger partial charge in [0.1, 0.15) is 30.1 Å². The molecular weight excluding hydrogens is 579 g/mol. The molecule has 3 aromatic rings. The number of carbonyl (C=O) groups is 3. The van der Waals surface area contributed by atoms with Gasteiger partial charge < -0.3 is 34.8 Å². The fraction of sp³-hybridized carbons (Fsp3) is 0.444. The zero-order chi connectivity index (χ0) is 32.1. The summed E-state index contributed by atoms with van der Waals surface area (Å²) in [6.45, 7) is 3.08. The molecule has 15 nitrogen and oxygen atoms in total. The molecule has 45 heavy (non-hydrogen) atoms. The van der Waals surface area contributed by atoms with Gasteiger partial charge in [-0.1, -0.05) is 11.2 Å². The number of piperazine rings is 1. The molecule has 3 N–H and O–H groups in total. The Kier molecular flexibility index (Phi) is 9.73. The Labute approximate surface area is 263 Å². The van der Waals surface area contributed by atoms with Crippen molar-refractivity contribution in [2.45, 2.75) is 24.6 Å². The highest BCUT2D eigenvalue weighted by Crippen LogP contribution is 2.38. The molecule has 3 amide bonds. The zero-order valence-corrected chi connectivity index (χ0v) is 26.2. The van der Waals surface area contributed by atoms with Gasteiger partial charge in [0, 0.05) is 45.3 Å². The van der Waals surface area contributed by atoms with Crippen molar-refractivity contribution in [3.05, 3.63) is 35.8 Å². The Balaban J connectivity index is 1.35. The summed E-state index contributed by atoms with van der Waals surface area (Å²) in [6.07, 6.45) is 1.68. The molecule has 1 aliphatic heterocycles. The summed E-state index contributed by atoms with van der Waals surface area (Å²) in [7, 11) is 8.63. The highest BCUT2D eigenvalue weighted by molar-refractivity contribution is 6.60. The molecule has 0 bridgehead atoms. The molecule has 2 aromatic heterocycles. The summed E-state index contributed by atoms with van der Waals surface area (Å²) < 4.78 is 16.4. The Morgan fingerprint density at radius 2 is 1.82 bits per heavy atom. The molecule has 0 spiro atoms. The number of amides is 3. The minimum atomic E-state index is -0.517. The predicted molar refractivity (Wildman–Crippen MR) is 173 cm³/mol. The maximum atomic E-state index is 13.2. The monoisotopic (exact) mass is 615 g/mol. The number of methoxy groups -OCH3 is 2. The van der Waals surface area contributed by atoms with Crippen LogP contribution in [0.4, 0.5) is 17.2 Å². The van der Waals surface area contributed by atoms with Gasteiger partial charge in [0.05, 0.1) is 30.6 Å². The number of hydrogen-bond donors (Lipinski definition) is 3. The SMILES string of the molecule is BC(B)(B)NC(=O)c1nnc(NC(=O)C2CC2)cc1Nc1cccc(-c2nc(CN3CCN(C(=O)COC)CC3)no2)c1OC. The molecule has 0 atom stereocenters. The van der Waals surface area contributed by atoms with E-state index < -0.39 is 11.1 Å². The van der Waals surface area contributed by atoms with Crippen LogP contribution in [0.2, 0.25) is 0 Å². The van der Waals surface area contributed by atoms with Gasteiger partial charge in [-0.3, -0.25) is 19.3 Å². The summed E-state index contributed by atoms with van der Waals surface area (Å²) in [5, 5.41) is 20.8. The van der Waals surface area contributed by atoms with Crippen LogP contribution in [0, 0.1) is 5.92 Å². The van der Waals surface area contributed by atoms with Crippen molar-refractivity contribution < 1.29 is 28.4 Å². The maximum Gasteiger partial charge on any atom is 0.272 e. The standard InChI is InChI=1S/C27H36B3N9O6/c1-43-14-21(40)39-10-8-38(9-11-39)13-20-33-26(45-37-20)16-4-3-5-17(23(16)44-2)31-18-12-19(32-24(41)15-6-7-15)35-36-22(18)25(42)34-27(28,29)30/h3-5,12,15H,6-11,13-14,28-30H2,1-2H3,(H,34,42)(H2,31,32,35,41). The fourth-order valence-corrected chi connectivity index (χ4v) is 4.86. The third kappa shape index (κ3) is 8.19. The zero-order valence-electron chi connectivity index (χ0n) is 26.2. The van der Waals surface area contributed by atoms with E-state index in [0.29, 0.717) is 61.2 Å². The molecule has 2 aliphatic rings. The van der Waals surface area contributed by atoms with E-state index in [9.17, 15) is 14.4 Å². The van der Waals surface area contributed by atoms with Gasteiger partial charge in [0.2, 0.25) is 11.8 Å². The molecule has 1 aliphatic carbocycles. The molecule has 3 heterocycles. The van der Waals surface area contributed by atoms with Crippen molar-refractivity contribution in [1.82, 2.24) is 35.5 Å². The molecule has 5 rings (SSSR count). The number of hydrogen-bond acceptors (Lipinski definition) is 12. The molecule has 1 saturated heterocycles. The van der Waals surface area contributed by atoms with Crippen LogP contribution in [0.1, 0.15) is 29.2 Å². The molecule has 2 fully saturated rings. The van der Waals surface area contributed by atoms with Crippen LogP contribution in [-0.2, 0) is 20.9 Å². The summed E-state index contributed by atoms with van der Waals surface area (Å²) in [5.74, 6) is 0.769. The summed E-state index contributed by atoms with van der Waals surface area (Å²) in [5.41, 5.74) is 1.42. The lowest BCUT2D eigenvalue weighted by molar-refractivity contribution is -0.137. The number of rotatable bonds is 12. The highest BCUT2D eigenvalue weighted by atomic mass is 16.5. The molecule has 0 radical (unpaired) electrons. The van der Waals surface area contributed by atoms with E-state index in [1.807, 2.05) is 23.5 Å². The van der Waals surface area contributed by atoms with Gasteiger partial charge in [0.25, 0.3) is 11.8 Å². The van der Waals surface area contributed by atoms with Crippen molar-refractivity contribution >= 4 is 58.5 Å². The van der Waals surface area contributed by atoms with E-state index in [2.05, 4.69) is 41.2 Å². The second kappa shape index (κ2) is 13.7. The number of para-hydroxylation sites is 1. The summed E-state index contributed by atoms with van der Waals surface area (Å²) >= 11 is 0. The number of anilines is 3. The van der Waals surface area contributed by atoms with E-state index in [4.69, 9.17) is 14.0 Å². The van der Waals surface area contributed by atoms with Crippen molar-refractivity contribution in [3.63, 3.8) is 0 Å². The topological polar surface area (TPSA) is 177 Å². The first-order valence-corrected chi connectivity index (χ1v) is 14.8. The summed E-state index contributed by atoms with van der Waals surface area (Å²) in [4.78, 5) is 46.2. The number of benzene rings is 1. The molecule has 0 unspecified atom stereocenters. The van der Waals surface area contributed by atoms with Crippen LogP contribution in [0.5, 0.6) is 5.75 Å². The quantitative estimate of drug-likeness (QED) is 0.195. The molecule has 1 aromatic carbocycles. The number of nitrogens with one attached hydrogen (secondary N) is 3. The second-order valence-electron chi connectivity index (χ2n) is 12.1. The third-order valence-electron chi connectivity index (χ3n) is 7.24. The fourth-order valence-electron chi connectivity index (χ4n) is 4.86. The molecule has 234 valence electrons. The Hall–Kier alpha value is -4.44. The Morgan fingerprint density at radius 1 is 1.07 bits per heavy atom. The van der Waals surface area contributed by atoms with Crippen molar-refractivity contribution in [2.24, 2.45) is 5.92 Å². The van der Waals surface area contributed by atoms with Crippen molar-refractivity contribution in [2.75, 3.05) is 57.6 Å². The van der Waals surface area contributed by atoms with Crippen LogP contribution in [0.25, 0.3) is 11.5 Å². The van der Waals surface area contributed by atoms with Gasteiger partial charge >= 0.3 is 0 Å². The normalized spacial score (nSPS) is 15.4. The van der Waals surface area contributed by atoms with Crippen LogP contribution in [0.15, 0.2) is 28.8 Å². The van der Waals surface area contributed by atoms with Gasteiger partial charge in [-0.05, 0) is 30.2 Å². The van der Waals surface area contributed by atoms with Crippen LogP contribution < -0.4 is 20.7 Å². The van der Waals surface area contributed by atoms with Crippen LogP contribution >= 0.6 is 0 Å². The van der Waals surface area contributed by atoms with E-state index >= 15 is 0 Å². The third-order valence-corrected chi connectivity index (χ3v) is 7.24. The molecular formula is C27H36B3N9O6. The van der Waals surface area contributed by atoms with E-state index in [1.54, 1.807) is 29.2 Å². The molecule has 1 saturated carbocycles. The largest absolute Gasteiger partial charge is 0.494 e. The van der Waals surface area contributed by atoms with E-state index in [0.717, 1.165) is 12.8 Å². The first-order valence-electron chi connectivity index (χ1n) is 14.8. The number of carbonyl (C=O) groups excluding carboxylic acids is 3. The van der Waals surface area contributed by atoms with Gasteiger partial charge in [-0.2, -0.15) is 4.98 Å². The lowest BCUT2D eigenvalue weighted by Crippen LogP contribution is -2.50. The lowest BCUT2D eigenvalue weighted by atomic mass is 9.49. The van der Waals surface area contributed by atoms with Gasteiger partial charge in [-0.15, -0.1) is 10.2 Å². The number of ether oxygens (including phenoxy) is 2. The van der Waals surface area contributed by atoms with E-state index in [1.165, 1.54) is 14.2 Å². The average molecular weight is 615 g/mol. The van der Waals surface area contributed by atoms with Gasteiger partial charge in [0.15, 0.2) is 23.1 Å². The Bertz CT molecular complexity index is 1550. The minimum absolute atomic E-state index is 0.0247. The number of nitrogens with zero attached hydrogens (tertiary/aromatic N) is 6. The Morgan fingerprint density at radius 3 is 2.49 bits per heavy atom. The van der Waals surface area contributed by atoms with Crippen LogP contribution in [0.3, 0.4) is 0 Å². The lowest BCUT2D eigenvalue weighted by Gasteiger charge is -2.33. The first-order chi connectivity index (χ1) is 21.5. The van der Waals surface area contributed by atoms with E-state index in [-0.39, 0.29) is 41.7 Å². The predicted octanol–water partition coefficient (Wildman–Crippen LogP) is -1.84. The average Bonchev–Trinajstić information content (AvgIpc) is 3.75. The van der Waals surface area contributed by atoms with Crippen LogP contribution in [-0.4, -0.2) is 124 Å². The van der Waals surface area contributed by atoms with Crippen molar-refractivity contribution in [1.29, 1.82) is 0 Å². The van der Waals surface area contributed by atoms with Crippen molar-refractivity contribution in [3.8, 4) is 17.2 Å². The van der Waals surface area contributed by atoms with Gasteiger partial charge in [-0.25, -0.2) is 0 Å². The minimum Gasteiger partial charge on any atom is -0.494 e.